The van der Waals surface area contributed by atoms with Gasteiger partial charge in [0.15, 0.2) is 5.54 Å². The van der Waals surface area contributed by atoms with Crippen molar-refractivity contribution in [3.05, 3.63) is 35.9 Å². The van der Waals surface area contributed by atoms with Crippen LogP contribution in [0.4, 0.5) is 0 Å². The summed E-state index contributed by atoms with van der Waals surface area (Å²) in [5.74, 6) is -1.30. The average Bonchev–Trinajstić information content (AvgIpc) is 2.77. The number of carbonyl (C=O) groups excluding carboxylic acids is 1. The number of carboxylic acid groups (broad SMARTS) is 1. The average molecular weight is 290 g/mol. The molecule has 5 heteroatoms. The van der Waals surface area contributed by atoms with E-state index < -0.39 is 11.5 Å². The Hall–Kier alpha value is -1.88. The van der Waals surface area contributed by atoms with Crippen molar-refractivity contribution in [2.24, 2.45) is 0 Å². The molecule has 1 heterocycles. The lowest BCUT2D eigenvalue weighted by Crippen LogP contribution is -2.55. The Balaban J connectivity index is 2.16. The van der Waals surface area contributed by atoms with Gasteiger partial charge in [0.05, 0.1) is 6.04 Å². The quantitative estimate of drug-likeness (QED) is 0.787. The molecule has 1 amide bonds. The van der Waals surface area contributed by atoms with Gasteiger partial charge >= 0.3 is 5.97 Å². The zero-order chi connectivity index (χ0) is 15.3. The molecule has 0 aliphatic carbocycles. The van der Waals surface area contributed by atoms with E-state index in [2.05, 4.69) is 10.6 Å². The topological polar surface area (TPSA) is 78.4 Å². The molecule has 114 valence electrons. The van der Waals surface area contributed by atoms with E-state index in [9.17, 15) is 14.7 Å². The summed E-state index contributed by atoms with van der Waals surface area (Å²) in [6.07, 6.45) is 3.89. The van der Waals surface area contributed by atoms with Crippen molar-refractivity contribution in [1.82, 2.24) is 10.6 Å². The minimum atomic E-state index is -1.41. The van der Waals surface area contributed by atoms with Gasteiger partial charge < -0.3 is 15.7 Å². The van der Waals surface area contributed by atoms with Gasteiger partial charge in [0.2, 0.25) is 5.91 Å². The highest BCUT2D eigenvalue weighted by Gasteiger charge is 2.38. The summed E-state index contributed by atoms with van der Waals surface area (Å²) in [4.78, 5) is 24.1. The minimum absolute atomic E-state index is 0.245. The standard InChI is InChI=1S/C16H22N2O3/c1-16(15(20)21,12-8-4-2-5-9-12)18-14(19)13-10-6-3-7-11-17-13/h2,4-5,8-9,13,17H,3,6-7,10-11H2,1H3,(H,18,19)(H,20,21). The molecule has 1 aromatic rings. The minimum Gasteiger partial charge on any atom is -0.479 e. The Kier molecular flexibility index (Phi) is 4.96. The fourth-order valence-corrected chi connectivity index (χ4v) is 2.61. The number of aliphatic carboxylic acids is 1. The van der Waals surface area contributed by atoms with Crippen LogP contribution in [0.15, 0.2) is 30.3 Å². The normalized spacial score (nSPS) is 21.9. The third kappa shape index (κ3) is 3.61. The van der Waals surface area contributed by atoms with Crippen LogP contribution in [0.3, 0.4) is 0 Å². The molecule has 2 atom stereocenters. The Labute approximate surface area is 124 Å². The molecule has 0 aromatic heterocycles. The van der Waals surface area contributed by atoms with E-state index in [0.717, 1.165) is 32.2 Å². The highest BCUT2D eigenvalue weighted by molar-refractivity contribution is 5.90. The molecule has 3 N–H and O–H groups in total. The largest absolute Gasteiger partial charge is 0.479 e. The van der Waals surface area contributed by atoms with Crippen LogP contribution in [0, 0.1) is 0 Å². The maximum atomic E-state index is 12.4. The van der Waals surface area contributed by atoms with Crippen LogP contribution in [0.5, 0.6) is 0 Å². The highest BCUT2D eigenvalue weighted by atomic mass is 16.4. The lowest BCUT2D eigenvalue weighted by Gasteiger charge is -2.29. The second-order valence-electron chi connectivity index (χ2n) is 5.64. The van der Waals surface area contributed by atoms with Crippen LogP contribution in [-0.2, 0) is 15.1 Å². The van der Waals surface area contributed by atoms with Crippen LogP contribution >= 0.6 is 0 Å². The molecule has 0 spiro atoms. The van der Waals surface area contributed by atoms with Crippen molar-refractivity contribution in [3.63, 3.8) is 0 Å². The predicted octanol–water partition coefficient (Wildman–Crippen LogP) is 1.63. The maximum absolute atomic E-state index is 12.4. The van der Waals surface area contributed by atoms with Gasteiger partial charge in [-0.1, -0.05) is 43.2 Å². The summed E-state index contributed by atoms with van der Waals surface area (Å²) in [5, 5.41) is 15.4. The number of nitrogens with one attached hydrogen (secondary N) is 2. The first kappa shape index (κ1) is 15.5. The van der Waals surface area contributed by atoms with Gasteiger partial charge in [0.1, 0.15) is 0 Å². The molecular weight excluding hydrogens is 268 g/mol. The number of rotatable bonds is 4. The maximum Gasteiger partial charge on any atom is 0.333 e. The van der Waals surface area contributed by atoms with Crippen molar-refractivity contribution in [1.29, 1.82) is 0 Å². The lowest BCUT2D eigenvalue weighted by atomic mass is 9.91. The summed E-state index contributed by atoms with van der Waals surface area (Å²) in [6.45, 7) is 2.33. The molecule has 2 rings (SSSR count). The summed E-state index contributed by atoms with van der Waals surface area (Å²) >= 11 is 0. The Morgan fingerprint density at radius 1 is 1.24 bits per heavy atom. The van der Waals surface area contributed by atoms with Crippen LogP contribution in [0.25, 0.3) is 0 Å². The Morgan fingerprint density at radius 3 is 2.62 bits per heavy atom. The Morgan fingerprint density at radius 2 is 1.95 bits per heavy atom. The van der Waals surface area contributed by atoms with Crippen LogP contribution < -0.4 is 10.6 Å². The first-order valence-corrected chi connectivity index (χ1v) is 7.38. The van der Waals surface area contributed by atoms with Crippen LogP contribution in [0.1, 0.15) is 38.2 Å². The zero-order valence-corrected chi connectivity index (χ0v) is 12.3. The zero-order valence-electron chi connectivity index (χ0n) is 12.3. The van der Waals surface area contributed by atoms with Gasteiger partial charge in [-0.15, -0.1) is 0 Å². The van der Waals surface area contributed by atoms with E-state index in [1.165, 1.54) is 6.92 Å². The molecular formula is C16H22N2O3. The molecule has 21 heavy (non-hydrogen) atoms. The first-order valence-electron chi connectivity index (χ1n) is 7.38. The van der Waals surface area contributed by atoms with Crippen molar-refractivity contribution < 1.29 is 14.7 Å². The van der Waals surface area contributed by atoms with Crippen LogP contribution in [-0.4, -0.2) is 29.6 Å². The van der Waals surface area contributed by atoms with Crippen LogP contribution in [0.2, 0.25) is 0 Å². The molecule has 0 radical (unpaired) electrons. The van der Waals surface area contributed by atoms with E-state index in [1.54, 1.807) is 24.3 Å². The molecule has 1 aliphatic heterocycles. The Bertz CT molecular complexity index is 496. The molecule has 2 unspecified atom stereocenters. The number of hydrogen-bond acceptors (Lipinski definition) is 3. The van der Waals surface area contributed by atoms with Gasteiger partial charge in [0.25, 0.3) is 0 Å². The van der Waals surface area contributed by atoms with Gasteiger partial charge in [-0.05, 0) is 31.9 Å². The van der Waals surface area contributed by atoms with Crippen molar-refractivity contribution >= 4 is 11.9 Å². The molecule has 1 aromatic carbocycles. The monoisotopic (exact) mass is 290 g/mol. The predicted molar refractivity (Wildman–Crippen MR) is 79.8 cm³/mol. The van der Waals surface area contributed by atoms with E-state index in [0.29, 0.717) is 5.56 Å². The highest BCUT2D eigenvalue weighted by Crippen LogP contribution is 2.21. The van der Waals surface area contributed by atoms with E-state index in [-0.39, 0.29) is 11.9 Å². The fourth-order valence-electron chi connectivity index (χ4n) is 2.61. The molecule has 1 fully saturated rings. The first-order chi connectivity index (χ1) is 10.0. The second-order valence-corrected chi connectivity index (χ2v) is 5.64. The number of benzene rings is 1. The number of carbonyl (C=O) groups is 2. The van der Waals surface area contributed by atoms with Crippen molar-refractivity contribution in [2.75, 3.05) is 6.54 Å². The number of amides is 1. The summed E-state index contributed by atoms with van der Waals surface area (Å²) in [6, 6.07) is 8.48. The van der Waals surface area contributed by atoms with E-state index in [1.807, 2.05) is 6.07 Å². The van der Waals surface area contributed by atoms with Crippen molar-refractivity contribution in [2.45, 2.75) is 44.2 Å². The molecule has 1 aliphatic rings. The summed E-state index contributed by atoms with van der Waals surface area (Å²) in [5.41, 5.74) is -0.841. The van der Waals surface area contributed by atoms with Crippen molar-refractivity contribution in [3.8, 4) is 0 Å². The second kappa shape index (κ2) is 6.72. The van der Waals surface area contributed by atoms with Gasteiger partial charge in [-0.2, -0.15) is 0 Å². The smallest absolute Gasteiger partial charge is 0.333 e. The molecule has 0 bridgehead atoms. The summed E-state index contributed by atoms with van der Waals surface area (Å²) < 4.78 is 0. The number of carboxylic acids is 1. The lowest BCUT2D eigenvalue weighted by molar-refractivity contribution is -0.147. The molecule has 1 saturated heterocycles. The molecule has 0 saturated carbocycles. The van der Waals surface area contributed by atoms with Gasteiger partial charge in [-0.25, -0.2) is 4.79 Å². The van der Waals surface area contributed by atoms with Gasteiger partial charge in [-0.3, -0.25) is 4.79 Å². The van der Waals surface area contributed by atoms with Gasteiger partial charge in [0, 0.05) is 0 Å². The third-order valence-corrected chi connectivity index (χ3v) is 4.03. The third-order valence-electron chi connectivity index (χ3n) is 4.03. The van der Waals surface area contributed by atoms with E-state index in [4.69, 9.17) is 0 Å². The fraction of sp³-hybridized carbons (Fsp3) is 0.500. The molecule has 5 nitrogen and oxygen atoms in total. The summed E-state index contributed by atoms with van der Waals surface area (Å²) in [7, 11) is 0. The van der Waals surface area contributed by atoms with E-state index >= 15 is 0 Å². The number of hydrogen-bond donors (Lipinski definition) is 3. The SMILES string of the molecule is CC(NC(=O)C1CCCCCN1)(C(=O)O)c1ccccc1.